The van der Waals surface area contributed by atoms with Crippen molar-refractivity contribution >= 4 is 5.91 Å². The minimum atomic E-state index is 0.0241. The molecule has 2 rings (SSSR count). The van der Waals surface area contributed by atoms with Gasteiger partial charge in [0.25, 0.3) is 0 Å². The van der Waals surface area contributed by atoms with Crippen molar-refractivity contribution < 1.29 is 14.3 Å². The quantitative estimate of drug-likeness (QED) is 0.812. The molecule has 5 nitrogen and oxygen atoms in total. The van der Waals surface area contributed by atoms with E-state index < -0.39 is 0 Å². The standard InChI is InChI=1S/C16H30N2O3/c1-13(17-14(2)19)15-6-8-18(9-7-15)10-12-21-16-5-3-4-11-20-16/h13,15-16H,3-12H2,1-2H3,(H,17,19)/t13-,16-/m1/s1. The van der Waals surface area contributed by atoms with E-state index in [0.717, 1.165) is 52.1 Å². The molecule has 2 saturated heterocycles. The van der Waals surface area contributed by atoms with Crippen LogP contribution in [0.4, 0.5) is 0 Å². The molecule has 122 valence electrons. The van der Waals surface area contributed by atoms with E-state index in [0.29, 0.717) is 5.92 Å². The van der Waals surface area contributed by atoms with Gasteiger partial charge >= 0.3 is 0 Å². The van der Waals surface area contributed by atoms with Gasteiger partial charge in [0.2, 0.25) is 5.91 Å². The minimum absolute atomic E-state index is 0.0241. The SMILES string of the molecule is CC(=O)N[C@H](C)C1CCN(CCO[C@@H]2CCCCO2)CC1. The number of carbonyl (C=O) groups is 1. The van der Waals surface area contributed by atoms with Gasteiger partial charge in [0.05, 0.1) is 6.61 Å². The second-order valence-corrected chi connectivity index (χ2v) is 6.34. The van der Waals surface area contributed by atoms with E-state index in [4.69, 9.17) is 9.47 Å². The molecule has 0 aromatic rings. The van der Waals surface area contributed by atoms with Gasteiger partial charge in [0.15, 0.2) is 6.29 Å². The first-order valence-electron chi connectivity index (χ1n) is 8.38. The summed E-state index contributed by atoms with van der Waals surface area (Å²) in [7, 11) is 0. The maximum atomic E-state index is 11.1. The topological polar surface area (TPSA) is 50.8 Å². The molecule has 0 radical (unpaired) electrons. The highest BCUT2D eigenvalue weighted by atomic mass is 16.7. The van der Waals surface area contributed by atoms with Crippen molar-refractivity contribution in [1.29, 1.82) is 0 Å². The van der Waals surface area contributed by atoms with Crippen LogP contribution >= 0.6 is 0 Å². The molecule has 2 aliphatic rings. The van der Waals surface area contributed by atoms with Crippen molar-refractivity contribution in [3.05, 3.63) is 0 Å². The molecule has 0 spiro atoms. The zero-order valence-electron chi connectivity index (χ0n) is 13.5. The van der Waals surface area contributed by atoms with Crippen LogP contribution in [0.2, 0.25) is 0 Å². The molecular formula is C16H30N2O3. The van der Waals surface area contributed by atoms with Crippen LogP contribution in [0.1, 0.15) is 46.0 Å². The molecule has 5 heteroatoms. The van der Waals surface area contributed by atoms with E-state index in [-0.39, 0.29) is 18.2 Å². The Labute approximate surface area is 128 Å². The number of hydrogen-bond donors (Lipinski definition) is 1. The number of nitrogens with one attached hydrogen (secondary N) is 1. The van der Waals surface area contributed by atoms with Gasteiger partial charge in [-0.1, -0.05) is 0 Å². The first-order chi connectivity index (χ1) is 10.1. The maximum absolute atomic E-state index is 11.1. The Morgan fingerprint density at radius 1 is 1.33 bits per heavy atom. The molecule has 2 heterocycles. The summed E-state index contributed by atoms with van der Waals surface area (Å²) in [5.41, 5.74) is 0. The summed E-state index contributed by atoms with van der Waals surface area (Å²) in [4.78, 5) is 13.6. The van der Waals surface area contributed by atoms with Crippen molar-refractivity contribution in [3.8, 4) is 0 Å². The van der Waals surface area contributed by atoms with Gasteiger partial charge in [0.1, 0.15) is 0 Å². The van der Waals surface area contributed by atoms with Crippen LogP contribution in [0.25, 0.3) is 0 Å². The van der Waals surface area contributed by atoms with Gasteiger partial charge in [0, 0.05) is 26.1 Å². The van der Waals surface area contributed by atoms with Gasteiger partial charge in [-0.05, 0) is 58.0 Å². The van der Waals surface area contributed by atoms with Crippen LogP contribution in [0.5, 0.6) is 0 Å². The molecule has 21 heavy (non-hydrogen) atoms. The zero-order chi connectivity index (χ0) is 15.1. The van der Waals surface area contributed by atoms with E-state index in [1.807, 2.05) is 0 Å². The van der Waals surface area contributed by atoms with Crippen LogP contribution in [0.3, 0.4) is 0 Å². The summed E-state index contributed by atoms with van der Waals surface area (Å²) in [6.07, 6.45) is 5.76. The van der Waals surface area contributed by atoms with Crippen molar-refractivity contribution in [2.45, 2.75) is 58.3 Å². The first kappa shape index (κ1) is 16.7. The molecule has 2 fully saturated rings. The average molecular weight is 298 g/mol. The Hall–Kier alpha value is -0.650. The van der Waals surface area contributed by atoms with Crippen molar-refractivity contribution in [3.63, 3.8) is 0 Å². The average Bonchev–Trinajstić information content (AvgIpc) is 2.48. The van der Waals surface area contributed by atoms with Crippen LogP contribution in [-0.4, -0.2) is 56.0 Å². The van der Waals surface area contributed by atoms with Gasteiger partial charge in [-0.15, -0.1) is 0 Å². The van der Waals surface area contributed by atoms with E-state index in [1.54, 1.807) is 6.92 Å². The molecule has 0 saturated carbocycles. The van der Waals surface area contributed by atoms with Crippen LogP contribution in [0, 0.1) is 5.92 Å². The summed E-state index contributed by atoms with van der Waals surface area (Å²) in [6.45, 7) is 8.50. The second-order valence-electron chi connectivity index (χ2n) is 6.34. The number of carbonyl (C=O) groups excluding carboxylic acids is 1. The molecule has 0 aromatic heterocycles. The lowest BCUT2D eigenvalue weighted by molar-refractivity contribution is -0.164. The fourth-order valence-electron chi connectivity index (χ4n) is 3.27. The van der Waals surface area contributed by atoms with Crippen LogP contribution < -0.4 is 5.32 Å². The number of hydrogen-bond acceptors (Lipinski definition) is 4. The molecule has 0 aliphatic carbocycles. The van der Waals surface area contributed by atoms with Gasteiger partial charge in [-0.3, -0.25) is 4.79 Å². The number of likely N-dealkylation sites (tertiary alicyclic amines) is 1. The van der Waals surface area contributed by atoms with Crippen molar-refractivity contribution in [2.24, 2.45) is 5.92 Å². The highest BCUT2D eigenvalue weighted by Gasteiger charge is 2.24. The minimum Gasteiger partial charge on any atom is -0.354 e. The molecule has 2 aliphatic heterocycles. The maximum Gasteiger partial charge on any atom is 0.217 e. The monoisotopic (exact) mass is 298 g/mol. The molecule has 0 aromatic carbocycles. The predicted octanol–water partition coefficient (Wildman–Crippen LogP) is 1.77. The summed E-state index contributed by atoms with van der Waals surface area (Å²) in [5.74, 6) is 0.679. The van der Waals surface area contributed by atoms with Gasteiger partial charge < -0.3 is 19.7 Å². The third-order valence-corrected chi connectivity index (χ3v) is 4.62. The van der Waals surface area contributed by atoms with Crippen molar-refractivity contribution in [2.75, 3.05) is 32.8 Å². The zero-order valence-corrected chi connectivity index (χ0v) is 13.5. The predicted molar refractivity (Wildman–Crippen MR) is 82.0 cm³/mol. The van der Waals surface area contributed by atoms with Gasteiger partial charge in [-0.25, -0.2) is 0 Å². The second kappa shape index (κ2) is 8.71. The highest BCUT2D eigenvalue weighted by Crippen LogP contribution is 2.20. The number of rotatable bonds is 6. The Kier molecular flexibility index (Phi) is 6.93. The van der Waals surface area contributed by atoms with E-state index in [9.17, 15) is 4.79 Å². The lowest BCUT2D eigenvalue weighted by Crippen LogP contribution is -2.44. The summed E-state index contributed by atoms with van der Waals surface area (Å²) in [5, 5.41) is 3.01. The summed E-state index contributed by atoms with van der Waals surface area (Å²) >= 11 is 0. The molecule has 1 N–H and O–H groups in total. The molecule has 1 amide bonds. The Balaban J connectivity index is 1.57. The summed E-state index contributed by atoms with van der Waals surface area (Å²) < 4.78 is 11.4. The van der Waals surface area contributed by atoms with Crippen LogP contribution in [-0.2, 0) is 14.3 Å². The Bertz CT molecular complexity index is 311. The molecule has 0 unspecified atom stereocenters. The van der Waals surface area contributed by atoms with E-state index in [1.165, 1.54) is 12.8 Å². The highest BCUT2D eigenvalue weighted by molar-refractivity contribution is 5.73. The smallest absolute Gasteiger partial charge is 0.217 e. The Morgan fingerprint density at radius 3 is 2.71 bits per heavy atom. The first-order valence-corrected chi connectivity index (χ1v) is 8.38. The normalized spacial score (nSPS) is 26.5. The third-order valence-electron chi connectivity index (χ3n) is 4.62. The lowest BCUT2D eigenvalue weighted by atomic mass is 9.90. The lowest BCUT2D eigenvalue weighted by Gasteiger charge is -2.35. The van der Waals surface area contributed by atoms with E-state index in [2.05, 4.69) is 17.1 Å². The summed E-state index contributed by atoms with van der Waals surface area (Å²) in [6, 6.07) is 0.288. The van der Waals surface area contributed by atoms with Crippen molar-refractivity contribution in [1.82, 2.24) is 10.2 Å². The van der Waals surface area contributed by atoms with Crippen LogP contribution in [0.15, 0.2) is 0 Å². The third kappa shape index (κ3) is 5.93. The van der Waals surface area contributed by atoms with E-state index >= 15 is 0 Å². The fraction of sp³-hybridized carbons (Fsp3) is 0.938. The fourth-order valence-corrected chi connectivity index (χ4v) is 3.27. The molecule has 2 atom stereocenters. The largest absolute Gasteiger partial charge is 0.354 e. The number of ether oxygens (including phenoxy) is 2. The number of nitrogens with zero attached hydrogens (tertiary/aromatic N) is 1. The number of piperidine rings is 1. The van der Waals surface area contributed by atoms with Gasteiger partial charge in [-0.2, -0.15) is 0 Å². The molecule has 0 bridgehead atoms. The molecular weight excluding hydrogens is 268 g/mol. The number of amides is 1. The Morgan fingerprint density at radius 2 is 2.10 bits per heavy atom.